The molecule has 6 rings (SSSR count). The number of hydrogen-bond acceptors (Lipinski definition) is 2. The molecule has 0 aliphatic rings. The van der Waals surface area contributed by atoms with Crippen molar-refractivity contribution in [2.75, 3.05) is 0 Å². The maximum Gasteiger partial charge on any atom is 0.0998 e. The largest absolute Gasteiger partial charge is 0.309 e. The first kappa shape index (κ1) is 22.4. The molecule has 0 aliphatic heterocycles. The third-order valence-electron chi connectivity index (χ3n) is 7.00. The van der Waals surface area contributed by atoms with Gasteiger partial charge in [0.05, 0.1) is 34.3 Å². The zero-order valence-corrected chi connectivity index (χ0v) is 20.7. The quantitative estimate of drug-likeness (QED) is 0.259. The van der Waals surface area contributed by atoms with Gasteiger partial charge >= 0.3 is 0 Å². The Balaban J connectivity index is 1.39. The van der Waals surface area contributed by atoms with Gasteiger partial charge in [-0.15, -0.1) is 0 Å². The Hall–Kier alpha value is -5.12. The highest BCUT2D eigenvalue weighted by Gasteiger charge is 2.13. The molecule has 0 fully saturated rings. The van der Waals surface area contributed by atoms with Crippen molar-refractivity contribution in [3.63, 3.8) is 0 Å². The number of aromatic nitrogens is 1. The molecule has 0 unspecified atom stereocenters. The normalized spacial score (nSPS) is 10.9. The number of nitrogens with zero attached hydrogens (tertiary/aromatic N) is 3. The van der Waals surface area contributed by atoms with Crippen LogP contribution in [0, 0.1) is 36.5 Å². The molecule has 174 valence electrons. The molecule has 0 radical (unpaired) electrons. The van der Waals surface area contributed by atoms with Crippen LogP contribution in [-0.2, 0) is 0 Å². The van der Waals surface area contributed by atoms with E-state index >= 15 is 0 Å². The van der Waals surface area contributed by atoms with E-state index in [0.29, 0.717) is 11.1 Å². The molecule has 37 heavy (non-hydrogen) atoms. The third-order valence-corrected chi connectivity index (χ3v) is 7.00. The van der Waals surface area contributed by atoms with E-state index in [1.807, 2.05) is 12.1 Å². The number of nitriles is 2. The highest BCUT2D eigenvalue weighted by Crippen LogP contribution is 2.34. The summed E-state index contributed by atoms with van der Waals surface area (Å²) in [5, 5.41) is 21.3. The Morgan fingerprint density at radius 2 is 1.08 bits per heavy atom. The Labute approximate surface area is 216 Å². The smallest absolute Gasteiger partial charge is 0.0998 e. The van der Waals surface area contributed by atoms with E-state index < -0.39 is 0 Å². The first-order valence-corrected chi connectivity index (χ1v) is 12.2. The number of fused-ring (bicyclic) bond motifs is 3. The van der Waals surface area contributed by atoms with E-state index in [9.17, 15) is 10.5 Å². The number of rotatable bonds is 3. The van der Waals surface area contributed by atoms with Crippen LogP contribution in [0.4, 0.5) is 0 Å². The lowest BCUT2D eigenvalue weighted by Gasteiger charge is -2.10. The second-order valence-corrected chi connectivity index (χ2v) is 9.48. The topological polar surface area (TPSA) is 52.5 Å². The summed E-state index contributed by atoms with van der Waals surface area (Å²) in [6, 6.07) is 39.7. The van der Waals surface area contributed by atoms with E-state index in [4.69, 9.17) is 0 Å². The van der Waals surface area contributed by atoms with Crippen molar-refractivity contribution >= 4 is 21.8 Å². The predicted molar refractivity (Wildman–Crippen MR) is 151 cm³/mol. The Morgan fingerprint density at radius 3 is 1.62 bits per heavy atom. The van der Waals surface area contributed by atoms with Gasteiger partial charge < -0.3 is 4.57 Å². The Morgan fingerprint density at radius 1 is 0.541 bits per heavy atom. The van der Waals surface area contributed by atoms with Crippen LogP contribution in [0.3, 0.4) is 0 Å². The molecule has 3 nitrogen and oxygen atoms in total. The molecule has 1 aromatic heterocycles. The Bertz CT molecular complexity index is 1830. The summed E-state index contributed by atoms with van der Waals surface area (Å²) in [4.78, 5) is 0. The van der Waals surface area contributed by atoms with Crippen molar-refractivity contribution in [2.24, 2.45) is 0 Å². The number of benzene rings is 5. The van der Waals surface area contributed by atoms with Crippen LogP contribution in [0.5, 0.6) is 0 Å². The van der Waals surface area contributed by atoms with Crippen molar-refractivity contribution in [3.05, 3.63) is 125 Å². The van der Waals surface area contributed by atoms with Gasteiger partial charge in [0.1, 0.15) is 0 Å². The average Bonchev–Trinajstić information content (AvgIpc) is 3.25. The lowest BCUT2D eigenvalue weighted by Crippen LogP contribution is -1.94. The highest BCUT2D eigenvalue weighted by molar-refractivity contribution is 6.09. The van der Waals surface area contributed by atoms with Gasteiger partial charge in [-0.25, -0.2) is 0 Å². The van der Waals surface area contributed by atoms with Crippen molar-refractivity contribution in [1.29, 1.82) is 10.5 Å². The fraction of sp³-hybridized carbons (Fsp3) is 0.0588. The standard InChI is InChI=1S/C34H23N3/c1-22-3-15-33-31(17-22)32-18-23(2)4-16-34(32)37(33)29-13-11-26(12-14-29)25-7-9-27(10-8-25)30-19-24(20-35)5-6-28(30)21-36/h3-19H,1-2H3. The van der Waals surface area contributed by atoms with Crippen LogP contribution in [0.25, 0.3) is 49.7 Å². The van der Waals surface area contributed by atoms with Crippen molar-refractivity contribution in [1.82, 2.24) is 4.57 Å². The minimum atomic E-state index is 0.545. The van der Waals surface area contributed by atoms with Gasteiger partial charge in [0.25, 0.3) is 0 Å². The molecule has 5 aromatic carbocycles. The molecule has 0 amide bonds. The summed E-state index contributed by atoms with van der Waals surface area (Å²) >= 11 is 0. The monoisotopic (exact) mass is 473 g/mol. The van der Waals surface area contributed by atoms with Crippen LogP contribution in [0.15, 0.2) is 103 Å². The van der Waals surface area contributed by atoms with Crippen LogP contribution in [0.1, 0.15) is 22.3 Å². The van der Waals surface area contributed by atoms with Gasteiger partial charge in [-0.3, -0.25) is 0 Å². The fourth-order valence-electron chi connectivity index (χ4n) is 5.12. The lowest BCUT2D eigenvalue weighted by molar-refractivity contribution is 1.18. The molecule has 0 atom stereocenters. The molecular weight excluding hydrogens is 450 g/mol. The van der Waals surface area contributed by atoms with Gasteiger partial charge in [-0.2, -0.15) is 10.5 Å². The highest BCUT2D eigenvalue weighted by atomic mass is 15.0. The molecule has 1 heterocycles. The minimum Gasteiger partial charge on any atom is -0.309 e. The van der Waals surface area contributed by atoms with E-state index in [-0.39, 0.29) is 0 Å². The summed E-state index contributed by atoms with van der Waals surface area (Å²) in [6.07, 6.45) is 0. The summed E-state index contributed by atoms with van der Waals surface area (Å²) in [5.41, 5.74) is 11.1. The Kier molecular flexibility index (Phi) is 5.33. The molecule has 3 heteroatoms. The molecule has 0 bridgehead atoms. The first-order chi connectivity index (χ1) is 18.1. The number of hydrogen-bond donors (Lipinski definition) is 0. The second-order valence-electron chi connectivity index (χ2n) is 9.48. The van der Waals surface area contributed by atoms with Gasteiger partial charge in [0.15, 0.2) is 0 Å². The third kappa shape index (κ3) is 3.84. The molecule has 0 saturated heterocycles. The minimum absolute atomic E-state index is 0.545. The second kappa shape index (κ2) is 8.83. The lowest BCUT2D eigenvalue weighted by atomic mass is 9.96. The van der Waals surface area contributed by atoms with Gasteiger partial charge in [0, 0.05) is 22.0 Å². The molecule has 0 aliphatic carbocycles. The van der Waals surface area contributed by atoms with Gasteiger partial charge in [0.2, 0.25) is 0 Å². The van der Waals surface area contributed by atoms with Crippen LogP contribution < -0.4 is 0 Å². The van der Waals surface area contributed by atoms with E-state index in [2.05, 4.69) is 103 Å². The maximum absolute atomic E-state index is 9.50. The van der Waals surface area contributed by atoms with Crippen molar-refractivity contribution < 1.29 is 0 Å². The van der Waals surface area contributed by atoms with Crippen LogP contribution in [0.2, 0.25) is 0 Å². The van der Waals surface area contributed by atoms with E-state index in [1.54, 1.807) is 18.2 Å². The van der Waals surface area contributed by atoms with Crippen LogP contribution in [-0.4, -0.2) is 4.57 Å². The SMILES string of the molecule is Cc1ccc2c(c1)c1cc(C)ccc1n2-c1ccc(-c2ccc(-c3cc(C#N)ccc3C#N)cc2)cc1. The van der Waals surface area contributed by atoms with Gasteiger partial charge in [-0.05, 0) is 85.1 Å². The predicted octanol–water partition coefficient (Wildman–Crippen LogP) is 8.48. The fourth-order valence-corrected chi connectivity index (χ4v) is 5.12. The zero-order valence-electron chi connectivity index (χ0n) is 20.7. The summed E-state index contributed by atoms with van der Waals surface area (Å²) in [6.45, 7) is 4.28. The van der Waals surface area contributed by atoms with Crippen molar-refractivity contribution in [2.45, 2.75) is 13.8 Å². The number of aryl methyl sites for hydroxylation is 2. The van der Waals surface area contributed by atoms with E-state index in [0.717, 1.165) is 27.9 Å². The molecule has 0 saturated carbocycles. The zero-order chi connectivity index (χ0) is 25.5. The molecule has 0 N–H and O–H groups in total. The van der Waals surface area contributed by atoms with Gasteiger partial charge in [-0.1, -0.05) is 59.7 Å². The molecular formula is C34H23N3. The first-order valence-electron chi connectivity index (χ1n) is 12.2. The average molecular weight is 474 g/mol. The van der Waals surface area contributed by atoms with E-state index in [1.165, 1.54) is 32.9 Å². The summed E-state index contributed by atoms with van der Waals surface area (Å²) < 4.78 is 2.34. The summed E-state index contributed by atoms with van der Waals surface area (Å²) in [7, 11) is 0. The van der Waals surface area contributed by atoms with Crippen LogP contribution >= 0.6 is 0 Å². The maximum atomic E-state index is 9.50. The molecule has 0 spiro atoms. The van der Waals surface area contributed by atoms with Crippen molar-refractivity contribution in [3.8, 4) is 40.1 Å². The molecule has 6 aromatic rings. The summed E-state index contributed by atoms with van der Waals surface area (Å²) in [5.74, 6) is 0.